The molecule has 1 saturated carbocycles. The molecule has 3 heterocycles. The molecule has 1 aromatic carbocycles. The Labute approximate surface area is 233 Å². The lowest BCUT2D eigenvalue weighted by molar-refractivity contribution is -0.150. The predicted octanol–water partition coefficient (Wildman–Crippen LogP) is 2.21. The van der Waals surface area contributed by atoms with Crippen LogP contribution >= 0.6 is 7.75 Å². The van der Waals surface area contributed by atoms with Crippen molar-refractivity contribution in [3.63, 3.8) is 0 Å². The zero-order valence-electron chi connectivity index (χ0n) is 22.2. The van der Waals surface area contributed by atoms with Crippen molar-refractivity contribution in [3.05, 3.63) is 47.0 Å². The molecule has 0 bridgehead atoms. The highest BCUT2D eigenvalue weighted by atomic mass is 31.2. The average molecular weight is 595 g/mol. The van der Waals surface area contributed by atoms with E-state index in [4.69, 9.17) is 24.3 Å². The summed E-state index contributed by atoms with van der Waals surface area (Å²) in [7, 11) is -4.27. The summed E-state index contributed by atoms with van der Waals surface area (Å²) in [6.45, 7) is -0.00920. The summed E-state index contributed by atoms with van der Waals surface area (Å²) >= 11 is 0. The molecule has 14 nitrogen and oxygen atoms in total. The van der Waals surface area contributed by atoms with Crippen LogP contribution in [0.3, 0.4) is 0 Å². The number of carbonyl (C=O) groups excluding carboxylic acids is 1. The number of hydrogen-bond donors (Lipinski definition) is 4. The van der Waals surface area contributed by atoms with E-state index in [-0.39, 0.29) is 29.0 Å². The monoisotopic (exact) mass is 594 g/mol. The minimum absolute atomic E-state index is 0.0313. The standard InChI is InChI=1S/C25H32FN6O8P/c1-14(24(35)38-15-7-5-6-8-15)31-41(36,40-16-9-3-2-4-10-16)37-12-18-17(11-26)20(33)23(39-18)32-13-28-19-21(32)29-25(27)30-22(19)34/h2-4,9-10,13-15,17-18,20,23,33H,5-8,11-12H2,1H3,(H,31,36)(H3,27,29,30,34)/t14-,17-,18-,20-,23-,41?/m1/s1. The first-order valence-corrected chi connectivity index (χ1v) is 14.8. The number of benzene rings is 1. The number of aliphatic hydroxyl groups excluding tert-OH is 1. The molecule has 6 atom stereocenters. The Bertz CT molecular complexity index is 1470. The molecular formula is C25H32FN6O8P. The predicted molar refractivity (Wildman–Crippen MR) is 144 cm³/mol. The van der Waals surface area contributed by atoms with Crippen molar-refractivity contribution in [2.24, 2.45) is 5.92 Å². The summed E-state index contributed by atoms with van der Waals surface area (Å²) in [5, 5.41) is 13.5. The SMILES string of the molecule is C[C@@H](NP(=O)(OC[C@H]1O[C@@H](n2cnc3c(=O)[nH]c(N)nc32)[C@H](O)[C@@H]1CF)Oc1ccccc1)C(=O)OC1CCCC1. The van der Waals surface area contributed by atoms with Gasteiger partial charge in [-0.15, -0.1) is 0 Å². The summed E-state index contributed by atoms with van der Waals surface area (Å²) in [6, 6.07) is 7.12. The number of nitrogens with one attached hydrogen (secondary N) is 2. The summed E-state index contributed by atoms with van der Waals surface area (Å²) in [6.07, 6.45) is 0.785. The van der Waals surface area contributed by atoms with E-state index in [1.165, 1.54) is 17.8 Å². The molecule has 2 fully saturated rings. The number of fused-ring (bicyclic) bond motifs is 1. The molecule has 41 heavy (non-hydrogen) atoms. The quantitative estimate of drug-likeness (QED) is 0.187. The molecule has 1 aliphatic carbocycles. The molecule has 5 rings (SSSR count). The maximum absolute atomic E-state index is 14.1. The maximum Gasteiger partial charge on any atom is 0.459 e. The van der Waals surface area contributed by atoms with E-state index in [2.05, 4.69) is 20.0 Å². The first kappa shape index (κ1) is 29.1. The Morgan fingerprint density at radius 2 is 2.07 bits per heavy atom. The van der Waals surface area contributed by atoms with E-state index in [1.54, 1.807) is 30.3 Å². The summed E-state index contributed by atoms with van der Waals surface area (Å²) < 4.78 is 52.1. The fourth-order valence-electron chi connectivity index (χ4n) is 4.95. The highest BCUT2D eigenvalue weighted by Gasteiger charge is 2.47. The van der Waals surface area contributed by atoms with Gasteiger partial charge in [-0.05, 0) is 44.7 Å². The van der Waals surface area contributed by atoms with Gasteiger partial charge >= 0.3 is 13.7 Å². The van der Waals surface area contributed by atoms with Crippen LogP contribution < -0.4 is 20.9 Å². The first-order valence-electron chi connectivity index (χ1n) is 13.3. The van der Waals surface area contributed by atoms with Crippen LogP contribution in [-0.2, 0) is 23.4 Å². The smallest absolute Gasteiger partial charge is 0.459 e. The van der Waals surface area contributed by atoms with Gasteiger partial charge < -0.3 is 24.8 Å². The van der Waals surface area contributed by atoms with E-state index in [0.717, 1.165) is 25.7 Å². The topological polar surface area (TPSA) is 193 Å². The minimum atomic E-state index is -4.27. The number of para-hydroxylation sites is 1. The molecule has 2 aromatic heterocycles. The number of aromatic amines is 1. The lowest BCUT2D eigenvalue weighted by atomic mass is 10.0. The van der Waals surface area contributed by atoms with Gasteiger partial charge in [0.1, 0.15) is 24.0 Å². The van der Waals surface area contributed by atoms with Crippen LogP contribution in [0.25, 0.3) is 11.2 Å². The van der Waals surface area contributed by atoms with E-state index in [1.807, 2.05) is 0 Å². The number of esters is 1. The largest absolute Gasteiger partial charge is 0.461 e. The molecule has 5 N–H and O–H groups in total. The molecule has 0 spiro atoms. The number of aliphatic hydroxyl groups is 1. The van der Waals surface area contributed by atoms with Crippen molar-refractivity contribution in [3.8, 4) is 5.75 Å². The fourth-order valence-corrected chi connectivity index (χ4v) is 6.45. The molecule has 0 radical (unpaired) electrons. The van der Waals surface area contributed by atoms with Crippen LogP contribution in [0.5, 0.6) is 5.75 Å². The Hall–Kier alpha value is -3.36. The molecule has 16 heteroatoms. The Kier molecular flexibility index (Phi) is 8.71. The van der Waals surface area contributed by atoms with Crippen molar-refractivity contribution in [1.82, 2.24) is 24.6 Å². The van der Waals surface area contributed by atoms with Crippen LogP contribution in [0.2, 0.25) is 0 Å². The van der Waals surface area contributed by atoms with Gasteiger partial charge in [-0.1, -0.05) is 18.2 Å². The van der Waals surface area contributed by atoms with E-state index >= 15 is 0 Å². The number of anilines is 1. The fraction of sp³-hybridized carbons (Fsp3) is 0.520. The highest BCUT2D eigenvalue weighted by Crippen LogP contribution is 2.46. The van der Waals surface area contributed by atoms with Gasteiger partial charge in [0.25, 0.3) is 5.56 Å². The lowest BCUT2D eigenvalue weighted by Gasteiger charge is -2.25. The zero-order chi connectivity index (χ0) is 29.1. The second-order valence-electron chi connectivity index (χ2n) is 10.0. The molecule has 0 amide bonds. The molecular weight excluding hydrogens is 562 g/mol. The van der Waals surface area contributed by atoms with Gasteiger partial charge in [-0.3, -0.25) is 28.1 Å². The summed E-state index contributed by atoms with van der Waals surface area (Å²) in [5.74, 6) is -1.69. The number of rotatable bonds is 11. The molecule has 222 valence electrons. The number of imidazole rings is 1. The second-order valence-corrected chi connectivity index (χ2v) is 11.7. The third-order valence-corrected chi connectivity index (χ3v) is 8.74. The van der Waals surface area contributed by atoms with Gasteiger partial charge in [0.15, 0.2) is 17.4 Å². The Morgan fingerprint density at radius 1 is 1.34 bits per heavy atom. The number of nitrogens with two attached hydrogens (primary N) is 1. The van der Waals surface area contributed by atoms with Crippen molar-refractivity contribution in [2.75, 3.05) is 19.0 Å². The van der Waals surface area contributed by atoms with Gasteiger partial charge in [0.2, 0.25) is 5.95 Å². The minimum Gasteiger partial charge on any atom is -0.461 e. The van der Waals surface area contributed by atoms with Gasteiger partial charge in [0, 0.05) is 5.92 Å². The number of H-pyrrole nitrogens is 1. The third-order valence-electron chi connectivity index (χ3n) is 7.09. The molecule has 1 aliphatic heterocycles. The third kappa shape index (κ3) is 6.44. The number of aromatic nitrogens is 4. The van der Waals surface area contributed by atoms with Crippen LogP contribution in [0.1, 0.15) is 38.8 Å². The lowest BCUT2D eigenvalue weighted by Crippen LogP contribution is -2.37. The first-order chi connectivity index (χ1) is 19.7. The normalized spacial score (nSPS) is 25.2. The Balaban J connectivity index is 1.33. The number of nitrogen functional groups attached to an aromatic ring is 1. The van der Waals surface area contributed by atoms with Crippen molar-refractivity contribution < 1.29 is 37.4 Å². The Morgan fingerprint density at radius 3 is 2.78 bits per heavy atom. The molecule has 1 saturated heterocycles. The van der Waals surface area contributed by atoms with E-state index in [9.17, 15) is 23.7 Å². The van der Waals surface area contributed by atoms with Crippen LogP contribution in [-0.4, -0.2) is 68.2 Å². The molecule has 3 aromatic rings. The van der Waals surface area contributed by atoms with Gasteiger partial charge in [-0.2, -0.15) is 10.1 Å². The van der Waals surface area contributed by atoms with Crippen LogP contribution in [0.15, 0.2) is 41.5 Å². The number of ether oxygens (including phenoxy) is 2. The van der Waals surface area contributed by atoms with Crippen LogP contribution in [0.4, 0.5) is 10.3 Å². The highest BCUT2D eigenvalue weighted by molar-refractivity contribution is 7.52. The van der Waals surface area contributed by atoms with Crippen LogP contribution in [0, 0.1) is 5.92 Å². The van der Waals surface area contributed by atoms with Crippen molar-refractivity contribution in [2.45, 2.75) is 63.2 Å². The van der Waals surface area contributed by atoms with Crippen molar-refractivity contribution in [1.29, 1.82) is 0 Å². The average Bonchev–Trinajstić information content (AvgIpc) is 3.67. The second kappa shape index (κ2) is 12.2. The summed E-state index contributed by atoms with van der Waals surface area (Å²) in [4.78, 5) is 35.2. The zero-order valence-corrected chi connectivity index (χ0v) is 23.1. The van der Waals surface area contributed by atoms with Gasteiger partial charge in [-0.25, -0.2) is 9.55 Å². The number of halogens is 1. The number of hydrogen-bond acceptors (Lipinski definition) is 11. The van der Waals surface area contributed by atoms with Crippen molar-refractivity contribution >= 4 is 30.8 Å². The number of carbonyl (C=O) groups is 1. The van der Waals surface area contributed by atoms with E-state index < -0.39 is 63.0 Å². The van der Waals surface area contributed by atoms with E-state index in [0.29, 0.717) is 0 Å². The molecule has 1 unspecified atom stereocenters. The maximum atomic E-state index is 14.1. The van der Waals surface area contributed by atoms with Gasteiger partial charge in [0.05, 0.1) is 25.7 Å². The number of nitrogens with zero attached hydrogens (tertiary/aromatic N) is 3. The number of alkyl halides is 1. The summed E-state index contributed by atoms with van der Waals surface area (Å²) in [5.41, 5.74) is 5.05. The molecule has 2 aliphatic rings.